The van der Waals surface area contributed by atoms with Crippen molar-refractivity contribution in [2.75, 3.05) is 16.8 Å². The number of hydrogen-bond donors (Lipinski definition) is 0. The lowest BCUT2D eigenvalue weighted by atomic mass is 9.84. The summed E-state index contributed by atoms with van der Waals surface area (Å²) < 4.78 is 0. The van der Waals surface area contributed by atoms with Crippen molar-refractivity contribution in [2.24, 2.45) is 4.99 Å². The smallest absolute Gasteiger partial charge is 0.212 e. The fourth-order valence-electron chi connectivity index (χ4n) is 6.28. The standard InChI is InChI=1S/C38H31N3O/c1-38(2)32-19-11-12-20-34(32)40(3)36(38)25-39-33-24-35(30-17-9-10-18-31(30)37(33)42)41(28-15-5-4-6-16-28)29-22-21-26-13-7-8-14-27(26)23-29/h4-25H,1-3H3/b36-25-,39-33-. The number of hydrogen-bond acceptors (Lipinski definition) is 4. The maximum absolute atomic E-state index is 13.9. The third kappa shape index (κ3) is 4.15. The molecule has 204 valence electrons. The van der Waals surface area contributed by atoms with E-state index in [4.69, 9.17) is 4.99 Å². The van der Waals surface area contributed by atoms with Crippen molar-refractivity contribution < 1.29 is 4.79 Å². The molecule has 0 unspecified atom stereocenters. The molecular formula is C38H31N3O. The molecule has 0 N–H and O–H groups in total. The topological polar surface area (TPSA) is 35.9 Å². The van der Waals surface area contributed by atoms with Crippen LogP contribution in [0, 0.1) is 0 Å². The van der Waals surface area contributed by atoms with E-state index in [2.05, 4.69) is 110 Å². The summed E-state index contributed by atoms with van der Waals surface area (Å²) in [4.78, 5) is 23.2. The lowest BCUT2D eigenvalue weighted by molar-refractivity contribution is 0.106. The minimum Gasteiger partial charge on any atom is -0.346 e. The van der Waals surface area contributed by atoms with Crippen LogP contribution in [0.1, 0.15) is 35.3 Å². The predicted molar refractivity (Wildman–Crippen MR) is 175 cm³/mol. The maximum atomic E-state index is 13.9. The number of fused-ring (bicyclic) bond motifs is 3. The highest BCUT2D eigenvalue weighted by atomic mass is 16.1. The first kappa shape index (κ1) is 25.7. The Balaban J connectivity index is 1.41. The molecule has 0 saturated heterocycles. The minimum absolute atomic E-state index is 0.0753. The van der Waals surface area contributed by atoms with Gasteiger partial charge in [-0.1, -0.05) is 105 Å². The lowest BCUT2D eigenvalue weighted by Crippen LogP contribution is -2.26. The zero-order valence-electron chi connectivity index (χ0n) is 24.0. The maximum Gasteiger partial charge on any atom is 0.212 e. The van der Waals surface area contributed by atoms with Gasteiger partial charge in [0.15, 0.2) is 0 Å². The number of likely N-dealkylation sites (N-methyl/N-ethyl adjacent to an activating group) is 1. The molecule has 0 radical (unpaired) electrons. The second kappa shape index (κ2) is 10.0. The summed E-state index contributed by atoms with van der Waals surface area (Å²) in [6.45, 7) is 4.41. The van der Waals surface area contributed by atoms with Crippen LogP contribution in [0.4, 0.5) is 17.1 Å². The van der Waals surface area contributed by atoms with Crippen molar-refractivity contribution in [1.29, 1.82) is 0 Å². The second-order valence-corrected chi connectivity index (χ2v) is 11.3. The minimum atomic E-state index is -0.237. The van der Waals surface area contributed by atoms with Crippen LogP contribution in [-0.2, 0) is 5.41 Å². The van der Waals surface area contributed by atoms with Gasteiger partial charge in [0.05, 0.1) is 5.70 Å². The highest BCUT2D eigenvalue weighted by Crippen LogP contribution is 2.46. The molecule has 4 nitrogen and oxygen atoms in total. The molecule has 4 heteroatoms. The number of nitrogens with zero attached hydrogens (tertiary/aromatic N) is 3. The Hall–Kier alpha value is -5.22. The number of allylic oxidation sites excluding steroid dienone is 2. The van der Waals surface area contributed by atoms with E-state index in [1.165, 1.54) is 10.9 Å². The molecule has 0 fully saturated rings. The van der Waals surface area contributed by atoms with Crippen molar-refractivity contribution in [1.82, 2.24) is 0 Å². The molecule has 0 aromatic heterocycles. The number of anilines is 3. The molecule has 5 aromatic rings. The van der Waals surface area contributed by atoms with E-state index < -0.39 is 0 Å². The van der Waals surface area contributed by atoms with E-state index in [-0.39, 0.29) is 11.2 Å². The van der Waals surface area contributed by atoms with Gasteiger partial charge >= 0.3 is 0 Å². The first-order valence-electron chi connectivity index (χ1n) is 14.2. The quantitative estimate of drug-likeness (QED) is 0.226. The number of carbonyl (C=O) groups excluding carboxylic acids is 1. The van der Waals surface area contributed by atoms with Crippen LogP contribution in [0.3, 0.4) is 0 Å². The summed E-state index contributed by atoms with van der Waals surface area (Å²) in [7, 11) is 2.07. The molecule has 0 saturated carbocycles. The Bertz CT molecular complexity index is 1950. The number of aliphatic imine (C=N–C) groups is 1. The summed E-state index contributed by atoms with van der Waals surface area (Å²) in [6, 6.07) is 41.4. The fourth-order valence-corrected chi connectivity index (χ4v) is 6.28. The zero-order valence-corrected chi connectivity index (χ0v) is 24.0. The molecule has 7 rings (SSSR count). The third-order valence-electron chi connectivity index (χ3n) is 8.47. The molecule has 0 spiro atoms. The van der Waals surface area contributed by atoms with Crippen LogP contribution in [0.5, 0.6) is 0 Å². The van der Waals surface area contributed by atoms with Crippen molar-refractivity contribution in [3.05, 3.63) is 156 Å². The van der Waals surface area contributed by atoms with E-state index in [0.717, 1.165) is 39.4 Å². The SMILES string of the molecule is CN1/C(=C\N=C2\C=C(N(c3ccccc3)c3ccc4ccccc4c3)c3ccccc3C2=O)C(C)(C)c2ccccc21. The predicted octanol–water partition coefficient (Wildman–Crippen LogP) is 8.93. The number of Topliss-reactive ketones (excluding diaryl/α,β-unsaturated/α-hetero) is 1. The lowest BCUT2D eigenvalue weighted by Gasteiger charge is -2.31. The van der Waals surface area contributed by atoms with Crippen LogP contribution >= 0.6 is 0 Å². The number of ketones is 1. The molecule has 42 heavy (non-hydrogen) atoms. The van der Waals surface area contributed by atoms with Crippen molar-refractivity contribution >= 4 is 45.0 Å². The van der Waals surface area contributed by atoms with Crippen LogP contribution in [0.25, 0.3) is 16.5 Å². The van der Waals surface area contributed by atoms with E-state index in [0.29, 0.717) is 11.3 Å². The van der Waals surface area contributed by atoms with Crippen LogP contribution < -0.4 is 9.80 Å². The highest BCUT2D eigenvalue weighted by molar-refractivity contribution is 6.53. The van der Waals surface area contributed by atoms with Gasteiger partial charge in [0.25, 0.3) is 0 Å². The molecular weight excluding hydrogens is 514 g/mol. The Morgan fingerprint density at radius 1 is 0.714 bits per heavy atom. The normalized spacial score (nSPS) is 17.4. The summed E-state index contributed by atoms with van der Waals surface area (Å²) in [5.74, 6) is -0.0753. The van der Waals surface area contributed by atoms with Gasteiger partial charge in [0.1, 0.15) is 5.71 Å². The summed E-state index contributed by atoms with van der Waals surface area (Å²) in [5, 5.41) is 2.34. The molecule has 0 amide bonds. The Morgan fingerprint density at radius 3 is 2.17 bits per heavy atom. The monoisotopic (exact) mass is 545 g/mol. The van der Waals surface area contributed by atoms with Crippen LogP contribution in [0.15, 0.2) is 144 Å². The van der Waals surface area contributed by atoms with Gasteiger partial charge in [0.2, 0.25) is 5.78 Å². The van der Waals surface area contributed by atoms with E-state index >= 15 is 0 Å². The Kier molecular flexibility index (Phi) is 6.13. The molecule has 1 aliphatic heterocycles. The summed E-state index contributed by atoms with van der Waals surface area (Å²) in [5.41, 5.74) is 8.11. The van der Waals surface area contributed by atoms with Gasteiger partial charge in [-0.25, -0.2) is 0 Å². The number of benzene rings is 5. The number of para-hydroxylation sites is 2. The average Bonchev–Trinajstić information content (AvgIpc) is 3.22. The van der Waals surface area contributed by atoms with Crippen molar-refractivity contribution in [3.63, 3.8) is 0 Å². The highest BCUT2D eigenvalue weighted by Gasteiger charge is 2.38. The van der Waals surface area contributed by atoms with E-state index in [1.54, 1.807) is 0 Å². The summed E-state index contributed by atoms with van der Waals surface area (Å²) >= 11 is 0. The van der Waals surface area contributed by atoms with Gasteiger partial charge in [-0.15, -0.1) is 0 Å². The van der Waals surface area contributed by atoms with Crippen molar-refractivity contribution in [3.8, 4) is 0 Å². The van der Waals surface area contributed by atoms with E-state index in [9.17, 15) is 4.79 Å². The zero-order chi connectivity index (χ0) is 28.8. The molecule has 0 atom stereocenters. The first-order valence-corrected chi connectivity index (χ1v) is 14.2. The second-order valence-electron chi connectivity index (χ2n) is 11.3. The molecule has 5 aromatic carbocycles. The molecule has 2 aliphatic rings. The first-order chi connectivity index (χ1) is 20.4. The van der Waals surface area contributed by atoms with E-state index in [1.807, 2.05) is 54.7 Å². The summed E-state index contributed by atoms with van der Waals surface area (Å²) in [6.07, 6.45) is 3.82. The van der Waals surface area contributed by atoms with Gasteiger partial charge in [-0.05, 0) is 52.7 Å². The Labute approximate surface area is 246 Å². The molecule has 0 bridgehead atoms. The van der Waals surface area contributed by atoms with Crippen LogP contribution in [-0.4, -0.2) is 18.5 Å². The number of rotatable bonds is 4. The van der Waals surface area contributed by atoms with Crippen LogP contribution in [0.2, 0.25) is 0 Å². The van der Waals surface area contributed by atoms with Gasteiger partial charge < -0.3 is 9.80 Å². The Morgan fingerprint density at radius 2 is 1.38 bits per heavy atom. The molecule has 1 heterocycles. The average molecular weight is 546 g/mol. The van der Waals surface area contributed by atoms with Gasteiger partial charge in [-0.3, -0.25) is 9.79 Å². The van der Waals surface area contributed by atoms with Crippen molar-refractivity contribution in [2.45, 2.75) is 19.3 Å². The number of carbonyl (C=O) groups is 1. The third-order valence-corrected chi connectivity index (χ3v) is 8.47. The largest absolute Gasteiger partial charge is 0.346 e. The van der Waals surface area contributed by atoms with Gasteiger partial charge in [0, 0.05) is 52.5 Å². The van der Waals surface area contributed by atoms with Gasteiger partial charge in [-0.2, -0.15) is 0 Å². The molecule has 1 aliphatic carbocycles. The fraction of sp³-hybridized carbons (Fsp3) is 0.105.